The van der Waals surface area contributed by atoms with E-state index in [2.05, 4.69) is 5.32 Å². The molecule has 3 aromatic carbocycles. The number of thioether (sulfide) groups is 1. The average molecular weight is 489 g/mol. The largest absolute Gasteiger partial charge is 0.484 e. The van der Waals surface area contributed by atoms with Crippen LogP contribution in [-0.2, 0) is 16.1 Å². The van der Waals surface area contributed by atoms with Crippen LogP contribution in [0.1, 0.15) is 22.3 Å². The minimum Gasteiger partial charge on any atom is -0.484 e. The first-order valence-corrected chi connectivity index (χ1v) is 12.0. The summed E-state index contributed by atoms with van der Waals surface area (Å²) in [5.74, 6) is 0.257. The smallest absolute Gasteiger partial charge is 0.266 e. The van der Waals surface area contributed by atoms with Crippen molar-refractivity contribution in [1.29, 1.82) is 0 Å². The first-order chi connectivity index (χ1) is 16.4. The van der Waals surface area contributed by atoms with Crippen LogP contribution in [0.2, 0.25) is 0 Å². The fourth-order valence-corrected chi connectivity index (χ4v) is 4.69. The van der Waals surface area contributed by atoms with E-state index in [1.807, 2.05) is 80.6 Å². The molecule has 172 valence electrons. The summed E-state index contributed by atoms with van der Waals surface area (Å²) in [6.45, 7) is 4.34. The third-order valence-electron chi connectivity index (χ3n) is 5.48. The third kappa shape index (κ3) is 5.73. The summed E-state index contributed by atoms with van der Waals surface area (Å²) in [6.07, 6.45) is 1.82. The maximum Gasteiger partial charge on any atom is 0.266 e. The van der Waals surface area contributed by atoms with E-state index in [4.69, 9.17) is 17.0 Å². The molecule has 7 heteroatoms. The third-order valence-corrected chi connectivity index (χ3v) is 6.86. The summed E-state index contributed by atoms with van der Waals surface area (Å²) in [6, 6.07) is 22.8. The molecule has 1 fully saturated rings. The van der Waals surface area contributed by atoms with Gasteiger partial charge in [-0.25, -0.2) is 0 Å². The Morgan fingerprint density at radius 1 is 1.03 bits per heavy atom. The number of benzene rings is 3. The Hall–Kier alpha value is -3.42. The van der Waals surface area contributed by atoms with Gasteiger partial charge >= 0.3 is 0 Å². The van der Waals surface area contributed by atoms with Gasteiger partial charge in [-0.2, -0.15) is 0 Å². The van der Waals surface area contributed by atoms with E-state index < -0.39 is 0 Å². The standard InChI is InChI=1S/C27H24N2O3S2/c1-18-7-6-10-23(19(18)2)28-25(30)17-32-22-13-11-20(12-14-22)15-24-26(31)29(27(33)34-24)16-21-8-4-3-5-9-21/h3-15H,16-17H2,1-2H3,(H,28,30)/b24-15-. The molecule has 0 saturated carbocycles. The molecule has 0 unspecified atom stereocenters. The Morgan fingerprint density at radius 2 is 1.76 bits per heavy atom. The zero-order valence-corrected chi connectivity index (χ0v) is 20.5. The lowest BCUT2D eigenvalue weighted by molar-refractivity contribution is -0.122. The Morgan fingerprint density at radius 3 is 2.50 bits per heavy atom. The molecule has 1 saturated heterocycles. The van der Waals surface area contributed by atoms with Crippen LogP contribution in [0, 0.1) is 13.8 Å². The van der Waals surface area contributed by atoms with Gasteiger partial charge in [-0.15, -0.1) is 0 Å². The molecule has 0 atom stereocenters. The molecular weight excluding hydrogens is 464 g/mol. The normalized spacial score (nSPS) is 14.5. The highest BCUT2D eigenvalue weighted by Gasteiger charge is 2.31. The van der Waals surface area contributed by atoms with Crippen LogP contribution in [0.15, 0.2) is 77.7 Å². The lowest BCUT2D eigenvalue weighted by atomic mass is 10.1. The second-order valence-electron chi connectivity index (χ2n) is 7.91. The van der Waals surface area contributed by atoms with Gasteiger partial charge in [-0.05, 0) is 60.4 Å². The summed E-state index contributed by atoms with van der Waals surface area (Å²) < 4.78 is 6.17. The van der Waals surface area contributed by atoms with Crippen LogP contribution in [0.4, 0.5) is 5.69 Å². The van der Waals surface area contributed by atoms with Gasteiger partial charge < -0.3 is 10.1 Å². The number of hydrogen-bond donors (Lipinski definition) is 1. The second-order valence-corrected chi connectivity index (χ2v) is 9.58. The first-order valence-electron chi connectivity index (χ1n) is 10.8. The van der Waals surface area contributed by atoms with E-state index >= 15 is 0 Å². The van der Waals surface area contributed by atoms with E-state index in [-0.39, 0.29) is 18.4 Å². The Balaban J connectivity index is 1.34. The molecule has 1 heterocycles. The number of rotatable bonds is 7. The molecule has 34 heavy (non-hydrogen) atoms. The van der Waals surface area contributed by atoms with Crippen molar-refractivity contribution in [2.75, 3.05) is 11.9 Å². The Labute approximate surface area is 208 Å². The van der Waals surface area contributed by atoms with E-state index in [1.54, 1.807) is 17.0 Å². The maximum absolute atomic E-state index is 12.8. The van der Waals surface area contributed by atoms with Gasteiger partial charge in [0, 0.05) is 5.69 Å². The minimum absolute atomic E-state index is 0.0924. The highest BCUT2D eigenvalue weighted by Crippen LogP contribution is 2.33. The lowest BCUT2D eigenvalue weighted by Gasteiger charge is -2.14. The van der Waals surface area contributed by atoms with E-state index in [9.17, 15) is 9.59 Å². The quantitative estimate of drug-likeness (QED) is 0.340. The molecule has 1 N–H and O–H groups in total. The second kappa shape index (κ2) is 10.7. The number of carbonyl (C=O) groups excluding carboxylic acids is 2. The van der Waals surface area contributed by atoms with E-state index in [1.165, 1.54) is 11.8 Å². The molecule has 1 aliphatic heterocycles. The van der Waals surface area contributed by atoms with Gasteiger partial charge in [-0.3, -0.25) is 14.5 Å². The van der Waals surface area contributed by atoms with Crippen molar-refractivity contribution in [2.45, 2.75) is 20.4 Å². The first kappa shape index (κ1) is 23.7. The van der Waals surface area contributed by atoms with Crippen molar-refractivity contribution in [3.8, 4) is 5.75 Å². The van der Waals surface area contributed by atoms with E-state index in [0.29, 0.717) is 21.5 Å². The van der Waals surface area contributed by atoms with Gasteiger partial charge in [0.25, 0.3) is 11.8 Å². The van der Waals surface area contributed by atoms with E-state index in [0.717, 1.165) is 27.9 Å². The van der Waals surface area contributed by atoms with Crippen LogP contribution in [-0.4, -0.2) is 27.6 Å². The predicted molar refractivity (Wildman–Crippen MR) is 142 cm³/mol. The number of thiocarbonyl (C=S) groups is 1. The van der Waals surface area contributed by atoms with Gasteiger partial charge in [0.15, 0.2) is 6.61 Å². The predicted octanol–water partition coefficient (Wildman–Crippen LogP) is 5.72. The van der Waals surface area contributed by atoms with Crippen LogP contribution in [0.5, 0.6) is 5.75 Å². The number of hydrogen-bond acceptors (Lipinski definition) is 5. The molecule has 0 bridgehead atoms. The number of ether oxygens (including phenoxy) is 1. The molecule has 5 nitrogen and oxygen atoms in total. The van der Waals surface area contributed by atoms with Crippen LogP contribution in [0.25, 0.3) is 6.08 Å². The number of aryl methyl sites for hydroxylation is 1. The summed E-state index contributed by atoms with van der Waals surface area (Å²) >= 11 is 6.72. The summed E-state index contributed by atoms with van der Waals surface area (Å²) in [5.41, 5.74) is 4.82. The molecule has 0 spiro atoms. The number of nitrogens with zero attached hydrogens (tertiary/aromatic N) is 1. The van der Waals surface area contributed by atoms with Crippen molar-refractivity contribution < 1.29 is 14.3 Å². The molecule has 3 aromatic rings. The highest BCUT2D eigenvalue weighted by molar-refractivity contribution is 8.26. The van der Waals surface area contributed by atoms with Gasteiger partial charge in [0.2, 0.25) is 0 Å². The number of carbonyl (C=O) groups is 2. The van der Waals surface area contributed by atoms with Crippen LogP contribution < -0.4 is 10.1 Å². The van der Waals surface area contributed by atoms with Crippen molar-refractivity contribution in [3.63, 3.8) is 0 Å². The molecular formula is C27H24N2O3S2. The molecule has 0 aliphatic carbocycles. The van der Waals surface area contributed by atoms with Crippen molar-refractivity contribution in [3.05, 3.63) is 100.0 Å². The number of amides is 2. The molecule has 0 aromatic heterocycles. The van der Waals surface area contributed by atoms with Crippen LogP contribution >= 0.6 is 24.0 Å². The SMILES string of the molecule is Cc1cccc(NC(=O)COc2ccc(/C=C3\SC(=S)N(Cc4ccccc4)C3=O)cc2)c1C. The topological polar surface area (TPSA) is 58.6 Å². The molecule has 4 rings (SSSR count). The highest BCUT2D eigenvalue weighted by atomic mass is 32.2. The number of nitrogens with one attached hydrogen (secondary N) is 1. The summed E-state index contributed by atoms with van der Waals surface area (Å²) in [5, 5.41) is 2.88. The van der Waals surface area contributed by atoms with Crippen molar-refractivity contribution in [1.82, 2.24) is 4.90 Å². The van der Waals surface area contributed by atoms with Gasteiger partial charge in [0.1, 0.15) is 10.1 Å². The Bertz CT molecular complexity index is 1250. The average Bonchev–Trinajstić information content (AvgIpc) is 3.09. The van der Waals surface area contributed by atoms with Crippen molar-refractivity contribution >= 4 is 51.9 Å². The fourth-order valence-electron chi connectivity index (χ4n) is 3.44. The molecule has 2 amide bonds. The van der Waals surface area contributed by atoms with Crippen molar-refractivity contribution in [2.24, 2.45) is 0 Å². The maximum atomic E-state index is 12.8. The monoisotopic (exact) mass is 488 g/mol. The van der Waals surface area contributed by atoms with Gasteiger partial charge in [-0.1, -0.05) is 78.6 Å². The summed E-state index contributed by atoms with van der Waals surface area (Å²) in [4.78, 5) is 27.3. The summed E-state index contributed by atoms with van der Waals surface area (Å²) in [7, 11) is 0. The van der Waals surface area contributed by atoms with Gasteiger partial charge in [0.05, 0.1) is 11.4 Å². The van der Waals surface area contributed by atoms with Crippen LogP contribution in [0.3, 0.4) is 0 Å². The number of anilines is 1. The Kier molecular flexibility index (Phi) is 7.45. The molecule has 0 radical (unpaired) electrons. The zero-order chi connectivity index (χ0) is 24.1. The zero-order valence-electron chi connectivity index (χ0n) is 18.9. The minimum atomic E-state index is -0.222. The lowest BCUT2D eigenvalue weighted by Crippen LogP contribution is -2.27. The molecule has 1 aliphatic rings. The fraction of sp³-hybridized carbons (Fsp3) is 0.148.